The summed E-state index contributed by atoms with van der Waals surface area (Å²) in [5, 5.41) is 6.33. The molecule has 0 saturated heterocycles. The maximum absolute atomic E-state index is 12.4. The van der Waals surface area contributed by atoms with E-state index in [1.165, 1.54) is 4.68 Å². The first kappa shape index (κ1) is 12.4. The fourth-order valence-corrected chi connectivity index (χ4v) is 2.54. The molecule has 0 amide bonds. The van der Waals surface area contributed by atoms with Gasteiger partial charge in [-0.25, -0.2) is 0 Å². The van der Waals surface area contributed by atoms with Crippen molar-refractivity contribution in [2.75, 3.05) is 0 Å². The Morgan fingerprint density at radius 2 is 1.63 bits per heavy atom. The van der Waals surface area contributed by atoms with Gasteiger partial charge in [-0.05, 0) is 46.3 Å². The van der Waals surface area contributed by atoms with Gasteiger partial charge in [0.1, 0.15) is 4.60 Å². The molecule has 2 aromatic carbocycles. The van der Waals surface area contributed by atoms with Crippen LogP contribution in [0.25, 0.3) is 16.5 Å². The Labute approximate surface area is 122 Å². The molecule has 19 heavy (non-hydrogen) atoms. The van der Waals surface area contributed by atoms with E-state index in [9.17, 15) is 4.79 Å². The number of benzene rings is 2. The molecule has 0 atom stereocenters. The van der Waals surface area contributed by atoms with Gasteiger partial charge in [-0.2, -0.15) is 9.78 Å². The van der Waals surface area contributed by atoms with Crippen LogP contribution in [0.3, 0.4) is 0 Å². The smallest absolute Gasteiger partial charge is 0.267 e. The molecule has 3 rings (SSSR count). The van der Waals surface area contributed by atoms with E-state index in [-0.39, 0.29) is 5.56 Å². The summed E-state index contributed by atoms with van der Waals surface area (Å²) in [5.41, 5.74) is 0.530. The van der Waals surface area contributed by atoms with Crippen LogP contribution in [-0.2, 0) is 0 Å². The minimum atomic E-state index is -0.152. The molecule has 1 aromatic heterocycles. The van der Waals surface area contributed by atoms with Crippen LogP contribution < -0.4 is 5.56 Å². The maximum Gasteiger partial charge on any atom is 0.279 e. The molecular formula is C14H8BrClN2O. The molecule has 0 radical (unpaired) electrons. The van der Waals surface area contributed by atoms with Crippen LogP contribution >= 0.6 is 27.5 Å². The second-order valence-electron chi connectivity index (χ2n) is 4.03. The highest BCUT2D eigenvalue weighted by Crippen LogP contribution is 2.20. The number of nitrogens with zero attached hydrogens (tertiary/aromatic N) is 2. The third-order valence-corrected chi connectivity index (χ3v) is 3.67. The third-order valence-electron chi connectivity index (χ3n) is 2.83. The zero-order chi connectivity index (χ0) is 13.4. The molecule has 0 fully saturated rings. The summed E-state index contributed by atoms with van der Waals surface area (Å²) in [6.45, 7) is 0. The van der Waals surface area contributed by atoms with Gasteiger partial charge in [-0.3, -0.25) is 4.79 Å². The monoisotopic (exact) mass is 334 g/mol. The van der Waals surface area contributed by atoms with Crippen LogP contribution in [0.4, 0.5) is 0 Å². The van der Waals surface area contributed by atoms with Crippen LogP contribution in [0.1, 0.15) is 0 Å². The van der Waals surface area contributed by atoms with E-state index in [1.54, 1.807) is 30.3 Å². The molecule has 0 saturated carbocycles. The van der Waals surface area contributed by atoms with Crippen molar-refractivity contribution < 1.29 is 0 Å². The fourth-order valence-electron chi connectivity index (χ4n) is 1.91. The van der Waals surface area contributed by atoms with Gasteiger partial charge < -0.3 is 0 Å². The van der Waals surface area contributed by atoms with Gasteiger partial charge in [0.25, 0.3) is 5.56 Å². The first-order chi connectivity index (χ1) is 9.16. The Kier molecular flexibility index (Phi) is 3.12. The predicted molar refractivity (Wildman–Crippen MR) is 80.1 cm³/mol. The van der Waals surface area contributed by atoms with E-state index in [0.717, 1.165) is 5.39 Å². The van der Waals surface area contributed by atoms with Gasteiger partial charge in [-0.15, -0.1) is 0 Å². The van der Waals surface area contributed by atoms with E-state index >= 15 is 0 Å². The Hall–Kier alpha value is -1.65. The normalized spacial score (nSPS) is 10.8. The minimum absolute atomic E-state index is 0.152. The van der Waals surface area contributed by atoms with Gasteiger partial charge in [0.2, 0.25) is 0 Å². The summed E-state index contributed by atoms with van der Waals surface area (Å²) < 4.78 is 2.00. The minimum Gasteiger partial charge on any atom is -0.267 e. The largest absolute Gasteiger partial charge is 0.279 e. The zero-order valence-electron chi connectivity index (χ0n) is 9.68. The average molecular weight is 336 g/mol. The molecule has 0 unspecified atom stereocenters. The quantitative estimate of drug-likeness (QED) is 0.678. The van der Waals surface area contributed by atoms with E-state index < -0.39 is 0 Å². The summed E-state index contributed by atoms with van der Waals surface area (Å²) in [7, 11) is 0. The lowest BCUT2D eigenvalue weighted by Gasteiger charge is -2.07. The molecule has 0 aliphatic heterocycles. The third kappa shape index (κ3) is 2.17. The molecule has 94 valence electrons. The Bertz CT molecular complexity index is 812. The van der Waals surface area contributed by atoms with Crippen LogP contribution in [0.5, 0.6) is 0 Å². The molecule has 5 heteroatoms. The molecule has 1 heterocycles. The lowest BCUT2D eigenvalue weighted by atomic mass is 10.2. The number of aromatic nitrogens is 2. The highest BCUT2D eigenvalue weighted by Gasteiger charge is 2.09. The van der Waals surface area contributed by atoms with Crippen molar-refractivity contribution in [1.29, 1.82) is 0 Å². The number of halogens is 2. The lowest BCUT2D eigenvalue weighted by molar-refractivity contribution is 0.809. The molecule has 3 nitrogen and oxygen atoms in total. The summed E-state index contributed by atoms with van der Waals surface area (Å²) in [6.07, 6.45) is 0. The lowest BCUT2D eigenvalue weighted by Crippen LogP contribution is -2.21. The zero-order valence-corrected chi connectivity index (χ0v) is 12.0. The van der Waals surface area contributed by atoms with Gasteiger partial charge >= 0.3 is 0 Å². The number of rotatable bonds is 1. The highest BCUT2D eigenvalue weighted by atomic mass is 79.9. The first-order valence-electron chi connectivity index (χ1n) is 5.60. The van der Waals surface area contributed by atoms with E-state index in [4.69, 9.17) is 11.6 Å². The first-order valence-corrected chi connectivity index (χ1v) is 6.77. The van der Waals surface area contributed by atoms with Crippen molar-refractivity contribution in [3.8, 4) is 5.69 Å². The van der Waals surface area contributed by atoms with Crippen molar-refractivity contribution in [2.24, 2.45) is 0 Å². The van der Waals surface area contributed by atoms with E-state index in [2.05, 4.69) is 21.0 Å². The Morgan fingerprint density at radius 3 is 2.32 bits per heavy atom. The van der Waals surface area contributed by atoms with Crippen molar-refractivity contribution in [3.63, 3.8) is 0 Å². The Morgan fingerprint density at radius 1 is 1.00 bits per heavy atom. The molecule has 3 aromatic rings. The van der Waals surface area contributed by atoms with Crippen molar-refractivity contribution in [1.82, 2.24) is 9.78 Å². The summed E-state index contributed by atoms with van der Waals surface area (Å²) >= 11 is 9.24. The molecular weight excluding hydrogens is 328 g/mol. The molecule has 0 N–H and O–H groups in total. The topological polar surface area (TPSA) is 34.9 Å². The second-order valence-corrected chi connectivity index (χ2v) is 5.22. The van der Waals surface area contributed by atoms with Crippen molar-refractivity contribution in [3.05, 3.63) is 68.5 Å². The average Bonchev–Trinajstić information content (AvgIpc) is 2.44. The van der Waals surface area contributed by atoms with Crippen LogP contribution in [0, 0.1) is 0 Å². The van der Waals surface area contributed by atoms with Crippen molar-refractivity contribution in [2.45, 2.75) is 0 Å². The van der Waals surface area contributed by atoms with Crippen LogP contribution in [0.15, 0.2) is 57.9 Å². The number of hydrogen-bond donors (Lipinski definition) is 0. The fraction of sp³-hybridized carbons (Fsp3) is 0. The molecule has 0 bridgehead atoms. The Balaban J connectivity index is 2.34. The number of fused-ring (bicyclic) bond motifs is 1. The van der Waals surface area contributed by atoms with Gasteiger partial charge in [-0.1, -0.05) is 29.8 Å². The highest BCUT2D eigenvalue weighted by molar-refractivity contribution is 9.10. The number of hydrogen-bond acceptors (Lipinski definition) is 2. The standard InChI is InChI=1S/C14H8BrClN2O/c15-13-11-3-1-2-4-12(11)14(19)18(17-13)10-7-5-9(16)6-8-10/h1-8H. The van der Waals surface area contributed by atoms with Gasteiger partial charge in [0.05, 0.1) is 11.1 Å². The van der Waals surface area contributed by atoms with E-state index in [0.29, 0.717) is 20.7 Å². The van der Waals surface area contributed by atoms with Crippen LogP contribution in [-0.4, -0.2) is 9.78 Å². The SMILES string of the molecule is O=c1c2ccccc2c(Br)nn1-c1ccc(Cl)cc1. The maximum atomic E-state index is 12.4. The van der Waals surface area contributed by atoms with Gasteiger partial charge in [0, 0.05) is 10.4 Å². The van der Waals surface area contributed by atoms with E-state index in [1.807, 2.05) is 18.2 Å². The van der Waals surface area contributed by atoms with Crippen LogP contribution in [0.2, 0.25) is 5.02 Å². The summed E-state index contributed by atoms with van der Waals surface area (Å²) in [4.78, 5) is 12.4. The molecule has 0 aliphatic carbocycles. The molecule has 0 spiro atoms. The predicted octanol–water partition coefficient (Wildman–Crippen LogP) is 3.80. The van der Waals surface area contributed by atoms with Crippen molar-refractivity contribution >= 4 is 38.3 Å². The summed E-state index contributed by atoms with van der Waals surface area (Å²) in [5.74, 6) is 0. The second kappa shape index (κ2) is 4.79. The van der Waals surface area contributed by atoms with Gasteiger partial charge in [0.15, 0.2) is 0 Å². The summed E-state index contributed by atoms with van der Waals surface area (Å²) in [6, 6.07) is 14.3. The molecule has 0 aliphatic rings.